The Hall–Kier alpha value is -0.330. The third kappa shape index (κ3) is 18.2. The van der Waals surface area contributed by atoms with Crippen molar-refractivity contribution in [3.63, 3.8) is 0 Å². The zero-order chi connectivity index (χ0) is 13.5. The van der Waals surface area contributed by atoms with Crippen LogP contribution in [0.3, 0.4) is 0 Å². The van der Waals surface area contributed by atoms with Gasteiger partial charge in [0, 0.05) is 6.42 Å². The lowest BCUT2D eigenvalue weighted by Crippen LogP contribution is -1.95. The van der Waals surface area contributed by atoms with E-state index in [2.05, 4.69) is 13.8 Å². The maximum Gasteiger partial charge on any atom is 0.129 e. The summed E-state index contributed by atoms with van der Waals surface area (Å²) < 4.78 is 0. The highest BCUT2D eigenvalue weighted by Crippen LogP contribution is 2.16. The number of carbonyl (C=O) groups excluding carboxylic acids is 1. The first kappa shape index (κ1) is 19.0. The molecular weight excluding hydrogens is 208 g/mol. The normalized spacial score (nSPS) is 11.6. The molecule has 0 radical (unpaired) electrons. The third-order valence-electron chi connectivity index (χ3n) is 3.03. The number of hydrogen-bond donors (Lipinski definition) is 0. The molecule has 0 aliphatic rings. The van der Waals surface area contributed by atoms with Crippen molar-refractivity contribution in [3.8, 4) is 0 Å². The molecule has 17 heavy (non-hydrogen) atoms. The highest BCUT2D eigenvalue weighted by molar-refractivity contribution is 5.75. The van der Waals surface area contributed by atoms with Crippen molar-refractivity contribution in [2.24, 2.45) is 5.92 Å². The SMILES string of the molecule is CC.CCCCCC(C)CCCCCC(C)=O. The first-order chi connectivity index (χ1) is 8.16. The summed E-state index contributed by atoms with van der Waals surface area (Å²) >= 11 is 0. The number of unbranched alkanes of at least 4 members (excludes halogenated alkanes) is 4. The Balaban J connectivity index is 0. The van der Waals surface area contributed by atoms with Gasteiger partial charge >= 0.3 is 0 Å². The van der Waals surface area contributed by atoms with Crippen LogP contribution in [-0.2, 0) is 4.79 Å². The molecular formula is C16H34O. The number of hydrogen-bond acceptors (Lipinski definition) is 1. The van der Waals surface area contributed by atoms with Gasteiger partial charge in [-0.05, 0) is 19.3 Å². The highest BCUT2D eigenvalue weighted by Gasteiger charge is 2.01. The molecule has 0 saturated carbocycles. The molecule has 0 amide bonds. The van der Waals surface area contributed by atoms with Crippen LogP contribution >= 0.6 is 0 Å². The van der Waals surface area contributed by atoms with Crippen LogP contribution in [0.2, 0.25) is 0 Å². The molecule has 0 aliphatic carbocycles. The molecule has 0 spiro atoms. The monoisotopic (exact) mass is 242 g/mol. The van der Waals surface area contributed by atoms with Crippen molar-refractivity contribution < 1.29 is 4.79 Å². The van der Waals surface area contributed by atoms with Crippen LogP contribution in [0.4, 0.5) is 0 Å². The van der Waals surface area contributed by atoms with Crippen molar-refractivity contribution in [1.29, 1.82) is 0 Å². The second-order valence-electron chi connectivity index (χ2n) is 4.90. The molecule has 0 aromatic carbocycles. The zero-order valence-corrected chi connectivity index (χ0v) is 12.8. The van der Waals surface area contributed by atoms with E-state index in [1.807, 2.05) is 13.8 Å². The lowest BCUT2D eigenvalue weighted by Gasteiger charge is -2.10. The predicted octanol–water partition coefficient (Wildman–Crippen LogP) is 5.77. The molecule has 1 heteroatoms. The van der Waals surface area contributed by atoms with E-state index in [0.717, 1.165) is 18.8 Å². The van der Waals surface area contributed by atoms with Crippen LogP contribution in [0.25, 0.3) is 0 Å². The highest BCUT2D eigenvalue weighted by atomic mass is 16.1. The second-order valence-corrected chi connectivity index (χ2v) is 4.90. The molecule has 0 aromatic heterocycles. The summed E-state index contributed by atoms with van der Waals surface area (Å²) in [4.78, 5) is 10.7. The van der Waals surface area contributed by atoms with Crippen molar-refractivity contribution in [2.45, 2.75) is 92.4 Å². The predicted molar refractivity (Wildman–Crippen MR) is 78.4 cm³/mol. The summed E-state index contributed by atoms with van der Waals surface area (Å²) in [5.41, 5.74) is 0. The van der Waals surface area contributed by atoms with Crippen molar-refractivity contribution >= 4 is 5.78 Å². The Bertz CT molecular complexity index is 152. The molecule has 0 aliphatic heterocycles. The molecule has 104 valence electrons. The Labute approximate surface area is 109 Å². The number of carbonyl (C=O) groups is 1. The number of Topliss-reactive ketones (excluding diaryl/α,β-unsaturated/α-hetero) is 1. The van der Waals surface area contributed by atoms with E-state index in [1.165, 1.54) is 44.9 Å². The standard InChI is InChI=1S/C14H28O.C2H6/c1-4-5-7-10-13(2)11-8-6-9-12-14(3)15;1-2/h13H,4-12H2,1-3H3;1-2H3. The topological polar surface area (TPSA) is 17.1 Å². The maximum absolute atomic E-state index is 10.7. The molecule has 1 unspecified atom stereocenters. The zero-order valence-electron chi connectivity index (χ0n) is 12.8. The molecule has 0 heterocycles. The van der Waals surface area contributed by atoms with E-state index in [0.29, 0.717) is 5.78 Å². The van der Waals surface area contributed by atoms with E-state index >= 15 is 0 Å². The van der Waals surface area contributed by atoms with Gasteiger partial charge in [0.1, 0.15) is 5.78 Å². The molecule has 0 bridgehead atoms. The molecule has 0 aromatic rings. The van der Waals surface area contributed by atoms with E-state index in [1.54, 1.807) is 6.92 Å². The number of rotatable bonds is 10. The van der Waals surface area contributed by atoms with E-state index in [-0.39, 0.29) is 0 Å². The van der Waals surface area contributed by atoms with Crippen LogP contribution < -0.4 is 0 Å². The average Bonchev–Trinajstić information content (AvgIpc) is 2.31. The Morgan fingerprint density at radius 2 is 1.47 bits per heavy atom. The van der Waals surface area contributed by atoms with Gasteiger partial charge < -0.3 is 4.79 Å². The number of ketones is 1. The van der Waals surface area contributed by atoms with Crippen LogP contribution in [-0.4, -0.2) is 5.78 Å². The summed E-state index contributed by atoms with van der Waals surface area (Å²) in [6, 6.07) is 0. The first-order valence-electron chi connectivity index (χ1n) is 7.66. The van der Waals surface area contributed by atoms with Gasteiger partial charge in [0.05, 0.1) is 0 Å². The Kier molecular flexibility index (Phi) is 17.5. The summed E-state index contributed by atoms with van der Waals surface area (Å²) in [6.07, 6.45) is 11.3. The second kappa shape index (κ2) is 15.7. The van der Waals surface area contributed by atoms with Crippen molar-refractivity contribution in [2.75, 3.05) is 0 Å². The fourth-order valence-electron chi connectivity index (χ4n) is 1.93. The van der Waals surface area contributed by atoms with Gasteiger partial charge in [-0.2, -0.15) is 0 Å². The van der Waals surface area contributed by atoms with Crippen LogP contribution in [0.15, 0.2) is 0 Å². The minimum atomic E-state index is 0.339. The first-order valence-corrected chi connectivity index (χ1v) is 7.66. The third-order valence-corrected chi connectivity index (χ3v) is 3.03. The van der Waals surface area contributed by atoms with E-state index in [4.69, 9.17) is 0 Å². The van der Waals surface area contributed by atoms with Crippen LogP contribution in [0.5, 0.6) is 0 Å². The summed E-state index contributed by atoms with van der Waals surface area (Å²) in [7, 11) is 0. The molecule has 1 nitrogen and oxygen atoms in total. The van der Waals surface area contributed by atoms with Gasteiger partial charge in [0.15, 0.2) is 0 Å². The van der Waals surface area contributed by atoms with Gasteiger partial charge in [-0.15, -0.1) is 0 Å². The summed E-state index contributed by atoms with van der Waals surface area (Å²) in [5.74, 6) is 1.22. The van der Waals surface area contributed by atoms with E-state index < -0.39 is 0 Å². The minimum absolute atomic E-state index is 0.339. The quantitative estimate of drug-likeness (QED) is 0.444. The van der Waals surface area contributed by atoms with Gasteiger partial charge in [0.2, 0.25) is 0 Å². The Morgan fingerprint density at radius 3 is 1.94 bits per heavy atom. The fourth-order valence-corrected chi connectivity index (χ4v) is 1.93. The van der Waals surface area contributed by atoms with Gasteiger partial charge in [-0.25, -0.2) is 0 Å². The summed E-state index contributed by atoms with van der Waals surface area (Å²) in [5, 5.41) is 0. The molecule has 0 fully saturated rings. The fraction of sp³-hybridized carbons (Fsp3) is 0.938. The van der Waals surface area contributed by atoms with Gasteiger partial charge in [0.25, 0.3) is 0 Å². The smallest absolute Gasteiger partial charge is 0.129 e. The molecule has 0 N–H and O–H groups in total. The van der Waals surface area contributed by atoms with Crippen molar-refractivity contribution in [1.82, 2.24) is 0 Å². The van der Waals surface area contributed by atoms with Crippen LogP contribution in [0.1, 0.15) is 92.4 Å². The van der Waals surface area contributed by atoms with Gasteiger partial charge in [-0.3, -0.25) is 0 Å². The maximum atomic E-state index is 10.7. The minimum Gasteiger partial charge on any atom is -0.300 e. The van der Waals surface area contributed by atoms with Gasteiger partial charge in [-0.1, -0.05) is 72.6 Å². The molecule has 1 atom stereocenters. The lowest BCUT2D eigenvalue weighted by molar-refractivity contribution is -0.117. The largest absolute Gasteiger partial charge is 0.300 e. The van der Waals surface area contributed by atoms with E-state index in [9.17, 15) is 4.79 Å². The lowest BCUT2D eigenvalue weighted by atomic mass is 9.96. The average molecular weight is 242 g/mol. The molecule has 0 rings (SSSR count). The molecule has 0 saturated heterocycles. The van der Waals surface area contributed by atoms with Crippen LogP contribution in [0, 0.1) is 5.92 Å². The Morgan fingerprint density at radius 1 is 0.941 bits per heavy atom. The van der Waals surface area contributed by atoms with Crippen molar-refractivity contribution in [3.05, 3.63) is 0 Å². The summed E-state index contributed by atoms with van der Waals surface area (Å²) in [6.45, 7) is 10.3.